The molecule has 0 aromatic heterocycles. The van der Waals surface area contributed by atoms with Gasteiger partial charge in [0.05, 0.1) is 0 Å². The van der Waals surface area contributed by atoms with Gasteiger partial charge >= 0.3 is 0 Å². The lowest BCUT2D eigenvalue weighted by Crippen LogP contribution is -2.22. The van der Waals surface area contributed by atoms with Crippen molar-refractivity contribution in [2.75, 3.05) is 6.54 Å². The summed E-state index contributed by atoms with van der Waals surface area (Å²) in [7, 11) is 0. The SMILES string of the molecule is CCCCCCCCCCCN.NC1CCCCC1. The molecule has 116 valence electrons. The van der Waals surface area contributed by atoms with Gasteiger partial charge in [0.15, 0.2) is 0 Å². The smallest absolute Gasteiger partial charge is 0.00388 e. The van der Waals surface area contributed by atoms with Crippen LogP contribution in [-0.2, 0) is 0 Å². The van der Waals surface area contributed by atoms with Crippen LogP contribution in [0.1, 0.15) is 96.8 Å². The summed E-state index contributed by atoms with van der Waals surface area (Å²) in [6.45, 7) is 3.14. The van der Waals surface area contributed by atoms with Crippen molar-refractivity contribution in [2.24, 2.45) is 11.5 Å². The summed E-state index contributed by atoms with van der Waals surface area (Å²) in [4.78, 5) is 0. The first-order valence-corrected chi connectivity index (χ1v) is 8.77. The third-order valence-corrected chi connectivity index (χ3v) is 3.96. The Morgan fingerprint density at radius 2 is 1.21 bits per heavy atom. The van der Waals surface area contributed by atoms with Crippen LogP contribution in [0.15, 0.2) is 0 Å². The van der Waals surface area contributed by atoms with Gasteiger partial charge in [-0.05, 0) is 25.8 Å². The Hall–Kier alpha value is -0.0800. The van der Waals surface area contributed by atoms with Crippen molar-refractivity contribution >= 4 is 0 Å². The van der Waals surface area contributed by atoms with Crippen LogP contribution in [0.5, 0.6) is 0 Å². The van der Waals surface area contributed by atoms with E-state index in [1.54, 1.807) is 0 Å². The van der Waals surface area contributed by atoms with E-state index in [-0.39, 0.29) is 0 Å². The minimum Gasteiger partial charge on any atom is -0.330 e. The molecule has 0 unspecified atom stereocenters. The molecule has 1 aliphatic carbocycles. The highest BCUT2D eigenvalue weighted by molar-refractivity contribution is 4.66. The van der Waals surface area contributed by atoms with E-state index >= 15 is 0 Å². The van der Waals surface area contributed by atoms with Gasteiger partial charge in [0.1, 0.15) is 0 Å². The maximum Gasteiger partial charge on any atom is 0.00388 e. The van der Waals surface area contributed by atoms with Crippen molar-refractivity contribution in [1.82, 2.24) is 0 Å². The first kappa shape index (κ1) is 18.9. The Bertz CT molecular complexity index is 143. The number of unbranched alkanes of at least 4 members (excludes halogenated alkanes) is 8. The van der Waals surface area contributed by atoms with Crippen LogP contribution in [0.25, 0.3) is 0 Å². The summed E-state index contributed by atoms with van der Waals surface area (Å²) in [6, 6.07) is 0.536. The Morgan fingerprint density at radius 1 is 0.737 bits per heavy atom. The summed E-state index contributed by atoms with van der Waals surface area (Å²) in [6.07, 6.45) is 19.1. The lowest BCUT2D eigenvalue weighted by atomic mass is 9.97. The van der Waals surface area contributed by atoms with Crippen LogP contribution in [0.4, 0.5) is 0 Å². The summed E-state index contributed by atoms with van der Waals surface area (Å²) >= 11 is 0. The molecule has 1 saturated carbocycles. The van der Waals surface area contributed by atoms with Gasteiger partial charge in [0, 0.05) is 6.04 Å². The van der Waals surface area contributed by atoms with Gasteiger partial charge in [-0.25, -0.2) is 0 Å². The first-order chi connectivity index (χ1) is 9.31. The van der Waals surface area contributed by atoms with E-state index < -0.39 is 0 Å². The molecule has 0 saturated heterocycles. The largest absolute Gasteiger partial charge is 0.330 e. The molecule has 0 aromatic carbocycles. The average molecular weight is 271 g/mol. The van der Waals surface area contributed by atoms with Crippen LogP contribution in [0, 0.1) is 0 Å². The van der Waals surface area contributed by atoms with Gasteiger partial charge < -0.3 is 11.5 Å². The molecule has 0 spiro atoms. The molecule has 19 heavy (non-hydrogen) atoms. The van der Waals surface area contributed by atoms with Crippen molar-refractivity contribution in [1.29, 1.82) is 0 Å². The Morgan fingerprint density at radius 3 is 1.58 bits per heavy atom. The van der Waals surface area contributed by atoms with E-state index in [2.05, 4.69) is 6.92 Å². The van der Waals surface area contributed by atoms with Gasteiger partial charge in [-0.1, -0.05) is 77.6 Å². The van der Waals surface area contributed by atoms with E-state index in [0.717, 1.165) is 6.54 Å². The fourth-order valence-electron chi connectivity index (χ4n) is 2.59. The molecule has 1 rings (SSSR count). The maximum atomic E-state index is 5.63. The Balaban J connectivity index is 0.000000388. The minimum atomic E-state index is 0.536. The normalized spacial score (nSPS) is 15.9. The van der Waals surface area contributed by atoms with E-state index in [0.29, 0.717) is 6.04 Å². The minimum absolute atomic E-state index is 0.536. The van der Waals surface area contributed by atoms with E-state index in [1.165, 1.54) is 89.9 Å². The number of rotatable bonds is 9. The van der Waals surface area contributed by atoms with Gasteiger partial charge in [0.25, 0.3) is 0 Å². The van der Waals surface area contributed by atoms with Gasteiger partial charge in [-0.2, -0.15) is 0 Å². The third-order valence-electron chi connectivity index (χ3n) is 3.96. The Kier molecular flexibility index (Phi) is 15.9. The lowest BCUT2D eigenvalue weighted by molar-refractivity contribution is 0.441. The number of nitrogens with two attached hydrogens (primary N) is 2. The molecular formula is C17H38N2. The van der Waals surface area contributed by atoms with E-state index in [1.807, 2.05) is 0 Å². The second kappa shape index (κ2) is 16.0. The van der Waals surface area contributed by atoms with Crippen LogP contribution in [-0.4, -0.2) is 12.6 Å². The number of hydrogen-bond donors (Lipinski definition) is 2. The highest BCUT2D eigenvalue weighted by atomic mass is 14.6. The standard InChI is InChI=1S/C11H25N.C6H13N/c1-2-3-4-5-6-7-8-9-10-11-12;7-6-4-2-1-3-5-6/h2-12H2,1H3;6H,1-5,7H2. The summed E-state index contributed by atoms with van der Waals surface area (Å²) in [5.41, 5.74) is 11.0. The molecular weight excluding hydrogens is 232 g/mol. The van der Waals surface area contributed by atoms with Crippen molar-refractivity contribution in [2.45, 2.75) is 103 Å². The first-order valence-electron chi connectivity index (χ1n) is 8.77. The van der Waals surface area contributed by atoms with Crippen molar-refractivity contribution in [3.63, 3.8) is 0 Å². The highest BCUT2D eigenvalue weighted by Crippen LogP contribution is 2.14. The second-order valence-electron chi connectivity index (χ2n) is 6.02. The van der Waals surface area contributed by atoms with Gasteiger partial charge in [-0.3, -0.25) is 0 Å². The van der Waals surface area contributed by atoms with Crippen molar-refractivity contribution in [3.8, 4) is 0 Å². The molecule has 0 atom stereocenters. The zero-order chi connectivity index (χ0) is 14.2. The average Bonchev–Trinajstić information content (AvgIpc) is 2.43. The van der Waals surface area contributed by atoms with Crippen molar-refractivity contribution < 1.29 is 0 Å². The monoisotopic (exact) mass is 270 g/mol. The molecule has 1 aliphatic rings. The van der Waals surface area contributed by atoms with Gasteiger partial charge in [-0.15, -0.1) is 0 Å². The molecule has 0 amide bonds. The molecule has 2 heteroatoms. The van der Waals surface area contributed by atoms with E-state index in [4.69, 9.17) is 11.5 Å². The topological polar surface area (TPSA) is 52.0 Å². The zero-order valence-electron chi connectivity index (χ0n) is 13.3. The maximum absolute atomic E-state index is 5.63. The van der Waals surface area contributed by atoms with Crippen LogP contribution in [0.3, 0.4) is 0 Å². The summed E-state index contributed by atoms with van der Waals surface area (Å²) in [5, 5.41) is 0. The molecule has 0 bridgehead atoms. The molecule has 2 nitrogen and oxygen atoms in total. The molecule has 4 N–H and O–H groups in total. The fraction of sp³-hybridized carbons (Fsp3) is 1.00. The van der Waals surface area contributed by atoms with Crippen LogP contribution >= 0.6 is 0 Å². The van der Waals surface area contributed by atoms with Crippen LogP contribution in [0.2, 0.25) is 0 Å². The fourth-order valence-corrected chi connectivity index (χ4v) is 2.59. The molecule has 0 heterocycles. The highest BCUT2D eigenvalue weighted by Gasteiger charge is 2.06. The van der Waals surface area contributed by atoms with Crippen molar-refractivity contribution in [3.05, 3.63) is 0 Å². The van der Waals surface area contributed by atoms with Crippen LogP contribution < -0.4 is 11.5 Å². The van der Waals surface area contributed by atoms with E-state index in [9.17, 15) is 0 Å². The molecule has 0 aliphatic heterocycles. The predicted octanol–water partition coefficient (Wildman–Crippen LogP) is 4.75. The summed E-state index contributed by atoms with van der Waals surface area (Å²) in [5.74, 6) is 0. The number of hydrogen-bond acceptors (Lipinski definition) is 2. The lowest BCUT2D eigenvalue weighted by Gasteiger charge is -2.15. The third kappa shape index (κ3) is 15.9. The second-order valence-corrected chi connectivity index (χ2v) is 6.02. The molecule has 0 aromatic rings. The quantitative estimate of drug-likeness (QED) is 0.594. The van der Waals surface area contributed by atoms with Gasteiger partial charge in [0.2, 0.25) is 0 Å². The Labute approximate surface area is 121 Å². The zero-order valence-corrected chi connectivity index (χ0v) is 13.3. The molecule has 0 radical (unpaired) electrons. The summed E-state index contributed by atoms with van der Waals surface area (Å²) < 4.78 is 0. The predicted molar refractivity (Wildman–Crippen MR) is 87.3 cm³/mol. The molecule has 1 fully saturated rings.